The van der Waals surface area contributed by atoms with E-state index in [9.17, 15) is 0 Å². The SMILES string of the molecule is CC1=Cc2c(-c3ccccc3)cccc2[CH]1[Ti]([CH3])[CH3].[SiH4]. The molecule has 20 heavy (non-hydrogen) atoms. The molecule has 2 aromatic rings. The van der Waals surface area contributed by atoms with Crippen molar-refractivity contribution in [2.45, 2.75) is 21.6 Å². The summed E-state index contributed by atoms with van der Waals surface area (Å²) in [6.07, 6.45) is 2.42. The van der Waals surface area contributed by atoms with E-state index in [1.54, 1.807) is 11.1 Å². The second-order valence-corrected chi connectivity index (χ2v) is 9.84. The van der Waals surface area contributed by atoms with E-state index in [0.29, 0.717) is 0 Å². The van der Waals surface area contributed by atoms with Gasteiger partial charge in [-0.25, -0.2) is 0 Å². The van der Waals surface area contributed by atoms with Gasteiger partial charge in [0, 0.05) is 0 Å². The first-order chi connectivity index (χ1) is 9.18. The molecule has 0 N–H and O–H groups in total. The summed E-state index contributed by atoms with van der Waals surface area (Å²) in [7, 11) is 0. The third-order valence-electron chi connectivity index (χ3n) is 3.94. The second kappa shape index (κ2) is 6.26. The molecular weight excluding hydrogens is 292 g/mol. The zero-order chi connectivity index (χ0) is 13.4. The summed E-state index contributed by atoms with van der Waals surface area (Å²) in [5.41, 5.74) is 7.32. The van der Waals surface area contributed by atoms with Gasteiger partial charge >= 0.3 is 122 Å². The fourth-order valence-corrected chi connectivity index (χ4v) is 6.10. The molecule has 0 bridgehead atoms. The van der Waals surface area contributed by atoms with E-state index in [4.69, 9.17) is 0 Å². The maximum absolute atomic E-state index is 2.48. The number of hydrogen-bond donors (Lipinski definition) is 0. The Morgan fingerprint density at radius 2 is 1.60 bits per heavy atom. The first kappa shape index (κ1) is 15.5. The summed E-state index contributed by atoms with van der Waals surface area (Å²) in [6.45, 7) is 2.30. The van der Waals surface area contributed by atoms with Crippen molar-refractivity contribution in [3.8, 4) is 11.1 Å². The molecule has 1 aliphatic carbocycles. The Hall–Kier alpha value is -0.889. The van der Waals surface area contributed by atoms with Crippen molar-refractivity contribution in [1.82, 2.24) is 0 Å². The van der Waals surface area contributed by atoms with Crippen LogP contribution in [0.3, 0.4) is 0 Å². The Kier molecular flexibility index (Phi) is 4.85. The predicted octanol–water partition coefficient (Wildman–Crippen LogP) is 4.07. The van der Waals surface area contributed by atoms with Gasteiger partial charge in [0.2, 0.25) is 0 Å². The summed E-state index contributed by atoms with van der Waals surface area (Å²) >= 11 is -0.972. The third kappa shape index (κ3) is 2.63. The van der Waals surface area contributed by atoms with Crippen molar-refractivity contribution in [1.29, 1.82) is 0 Å². The molecule has 0 heterocycles. The van der Waals surface area contributed by atoms with E-state index in [0.717, 1.165) is 4.22 Å². The third-order valence-corrected chi connectivity index (χ3v) is 6.94. The summed E-state index contributed by atoms with van der Waals surface area (Å²) in [5.74, 6) is 0. The topological polar surface area (TPSA) is 0 Å². The fraction of sp³-hybridized carbons (Fsp3) is 0.222. The van der Waals surface area contributed by atoms with Crippen LogP contribution in [0.5, 0.6) is 0 Å². The molecule has 0 aliphatic heterocycles. The maximum atomic E-state index is 2.48. The van der Waals surface area contributed by atoms with Crippen molar-refractivity contribution >= 4 is 17.0 Å². The average molecular weight is 315 g/mol. The minimum absolute atomic E-state index is 0. The van der Waals surface area contributed by atoms with Crippen LogP contribution < -0.4 is 0 Å². The van der Waals surface area contributed by atoms with Crippen molar-refractivity contribution in [2.24, 2.45) is 0 Å². The Morgan fingerprint density at radius 1 is 0.900 bits per heavy atom. The number of hydrogen-bond acceptors (Lipinski definition) is 0. The minimum Gasteiger partial charge on any atom is -0.0149 e. The largest absolute Gasteiger partial charge is 0.0149 e. The Bertz CT molecular complexity index is 629. The van der Waals surface area contributed by atoms with E-state index in [1.165, 1.54) is 16.7 Å². The molecule has 0 amide bonds. The number of allylic oxidation sites excluding steroid dienone is 1. The molecule has 0 spiro atoms. The van der Waals surface area contributed by atoms with Crippen molar-refractivity contribution < 1.29 is 17.9 Å². The maximum Gasteiger partial charge on any atom is -0.0149 e. The normalized spacial score (nSPS) is 16.1. The predicted molar refractivity (Wildman–Crippen MR) is 91.3 cm³/mol. The van der Waals surface area contributed by atoms with Gasteiger partial charge in [0.15, 0.2) is 0 Å². The Labute approximate surface area is 132 Å². The van der Waals surface area contributed by atoms with Crippen LogP contribution in [0.1, 0.15) is 22.3 Å². The van der Waals surface area contributed by atoms with Gasteiger partial charge in [-0.3, -0.25) is 0 Å². The fourth-order valence-electron chi connectivity index (χ4n) is 3.19. The molecule has 0 fully saturated rings. The molecule has 0 nitrogen and oxygen atoms in total. The van der Waals surface area contributed by atoms with Crippen molar-refractivity contribution in [3.63, 3.8) is 0 Å². The van der Waals surface area contributed by atoms with Crippen LogP contribution in [0.2, 0.25) is 10.5 Å². The van der Waals surface area contributed by atoms with Gasteiger partial charge in [0.1, 0.15) is 0 Å². The van der Waals surface area contributed by atoms with E-state index in [1.807, 2.05) is 0 Å². The van der Waals surface area contributed by atoms with Gasteiger partial charge in [0.05, 0.1) is 0 Å². The monoisotopic (exact) mass is 315 g/mol. The van der Waals surface area contributed by atoms with E-state index in [2.05, 4.69) is 72.0 Å². The first-order valence-electron chi connectivity index (χ1n) is 6.85. The van der Waals surface area contributed by atoms with E-state index in [-0.39, 0.29) is 11.0 Å². The van der Waals surface area contributed by atoms with E-state index >= 15 is 0 Å². The smallest absolute Gasteiger partial charge is 0.0149 e. The van der Waals surface area contributed by atoms with Gasteiger partial charge in [-0.05, 0) is 11.0 Å². The van der Waals surface area contributed by atoms with Crippen LogP contribution in [0.15, 0.2) is 54.1 Å². The zero-order valence-electron chi connectivity index (χ0n) is 11.8. The van der Waals surface area contributed by atoms with Crippen LogP contribution >= 0.6 is 0 Å². The standard InChI is InChI=1S/C16H13.2CH3.H4Si.Ti/c1-12-10-14-8-5-9-15(16(14)11-12)13-6-3-2-4-7-13;;;;/h2-11H,1H3;2*1H3;1H4;. The summed E-state index contributed by atoms with van der Waals surface area (Å²) < 4.78 is 0.749. The van der Waals surface area contributed by atoms with Crippen LogP contribution in [0.25, 0.3) is 17.2 Å². The summed E-state index contributed by atoms with van der Waals surface area (Å²) in [6, 6.07) is 17.6. The molecular formula is C18H23SiTi. The van der Waals surface area contributed by atoms with Crippen LogP contribution in [0.4, 0.5) is 0 Å². The van der Waals surface area contributed by atoms with Gasteiger partial charge in [0.25, 0.3) is 0 Å². The second-order valence-electron chi connectivity index (χ2n) is 5.57. The minimum atomic E-state index is -0.972. The van der Waals surface area contributed by atoms with Crippen LogP contribution in [0, 0.1) is 0 Å². The van der Waals surface area contributed by atoms with Gasteiger partial charge in [-0.2, -0.15) is 0 Å². The van der Waals surface area contributed by atoms with Crippen LogP contribution in [-0.4, -0.2) is 11.0 Å². The summed E-state index contributed by atoms with van der Waals surface area (Å²) in [5, 5.41) is 4.96. The molecule has 3 rings (SSSR count). The zero-order valence-corrected chi connectivity index (χ0v) is 13.3. The van der Waals surface area contributed by atoms with Crippen molar-refractivity contribution in [3.05, 3.63) is 65.2 Å². The van der Waals surface area contributed by atoms with Gasteiger partial charge in [-0.1, -0.05) is 0 Å². The molecule has 0 saturated heterocycles. The first-order valence-corrected chi connectivity index (χ1v) is 10.9. The molecule has 1 aliphatic rings. The van der Waals surface area contributed by atoms with Crippen LogP contribution in [-0.2, 0) is 17.9 Å². The molecule has 103 valence electrons. The molecule has 0 radical (unpaired) electrons. The van der Waals surface area contributed by atoms with Gasteiger partial charge in [-0.15, -0.1) is 0 Å². The molecule has 1 unspecified atom stereocenters. The van der Waals surface area contributed by atoms with Gasteiger partial charge < -0.3 is 0 Å². The summed E-state index contributed by atoms with van der Waals surface area (Å²) in [4.78, 5) is 0. The Balaban J connectivity index is 0.00000147. The molecule has 0 aromatic heterocycles. The molecule has 1 atom stereocenters. The molecule has 2 heteroatoms. The average Bonchev–Trinajstić information content (AvgIpc) is 2.75. The number of benzene rings is 2. The molecule has 2 aromatic carbocycles. The number of fused-ring (bicyclic) bond motifs is 1. The number of rotatable bonds is 2. The quantitative estimate of drug-likeness (QED) is 0.733. The van der Waals surface area contributed by atoms with E-state index < -0.39 is 17.9 Å². The van der Waals surface area contributed by atoms with Crippen molar-refractivity contribution in [2.75, 3.05) is 0 Å². The Morgan fingerprint density at radius 3 is 2.25 bits per heavy atom. The molecule has 0 saturated carbocycles.